The molecule has 0 saturated heterocycles. The summed E-state index contributed by atoms with van der Waals surface area (Å²) < 4.78 is 23.4. The molecule has 1 aromatic rings. The van der Waals surface area contributed by atoms with E-state index in [4.69, 9.17) is 0 Å². The fraction of sp³-hybridized carbons (Fsp3) is 0.650. The van der Waals surface area contributed by atoms with Crippen LogP contribution in [0.15, 0.2) is 28.1 Å². The molecule has 1 rings (SSSR count). The minimum absolute atomic E-state index is 0. The van der Waals surface area contributed by atoms with Crippen molar-refractivity contribution in [3.05, 3.63) is 29.3 Å². The summed E-state index contributed by atoms with van der Waals surface area (Å²) in [5, 5.41) is 6.62. The van der Waals surface area contributed by atoms with Crippen LogP contribution in [0.1, 0.15) is 58.1 Å². The number of sulfone groups is 1. The molecule has 0 heterocycles. The summed E-state index contributed by atoms with van der Waals surface area (Å²) >= 11 is 0. The van der Waals surface area contributed by atoms with E-state index in [1.807, 2.05) is 26.0 Å². The third-order valence-electron chi connectivity index (χ3n) is 4.05. The van der Waals surface area contributed by atoms with Gasteiger partial charge in [-0.2, -0.15) is 0 Å². The van der Waals surface area contributed by atoms with Gasteiger partial charge in [-0.05, 0) is 49.3 Å². The number of rotatable bonds is 8. The first kappa shape index (κ1) is 26.2. The van der Waals surface area contributed by atoms with Gasteiger partial charge in [0, 0.05) is 19.3 Å². The smallest absolute Gasteiger partial charge is 0.191 e. The van der Waals surface area contributed by atoms with Crippen molar-refractivity contribution in [2.75, 3.05) is 19.3 Å². The molecule has 0 unspecified atom stereocenters. The molecule has 2 N–H and O–H groups in total. The molecule has 0 fully saturated rings. The lowest BCUT2D eigenvalue weighted by molar-refractivity contribution is 0.360. The van der Waals surface area contributed by atoms with E-state index in [2.05, 4.69) is 36.4 Å². The van der Waals surface area contributed by atoms with Crippen LogP contribution in [-0.2, 0) is 16.4 Å². The zero-order valence-electron chi connectivity index (χ0n) is 17.6. The molecule has 0 aliphatic heterocycles. The average Bonchev–Trinajstić information content (AvgIpc) is 2.49. The fourth-order valence-corrected chi connectivity index (χ4v) is 3.68. The van der Waals surface area contributed by atoms with E-state index in [-0.39, 0.29) is 24.0 Å². The molecule has 0 aromatic heterocycles. The Morgan fingerprint density at radius 2 is 1.81 bits per heavy atom. The molecule has 1 aromatic carbocycles. The first-order valence-corrected chi connectivity index (χ1v) is 11.2. The fourth-order valence-electron chi connectivity index (χ4n) is 2.73. The van der Waals surface area contributed by atoms with Crippen LogP contribution in [0.25, 0.3) is 0 Å². The van der Waals surface area contributed by atoms with Gasteiger partial charge in [0.25, 0.3) is 0 Å². The molecule has 0 aliphatic rings. The highest BCUT2D eigenvalue weighted by atomic mass is 127. The average molecular weight is 509 g/mol. The van der Waals surface area contributed by atoms with Gasteiger partial charge < -0.3 is 10.6 Å². The third-order valence-corrected chi connectivity index (χ3v) is 5.31. The van der Waals surface area contributed by atoms with Gasteiger partial charge in [0.15, 0.2) is 15.8 Å². The number of nitrogens with zero attached hydrogens (tertiary/aromatic N) is 1. The summed E-state index contributed by atoms with van der Waals surface area (Å²) in [7, 11) is -3.18. The summed E-state index contributed by atoms with van der Waals surface area (Å²) in [6.45, 7) is 12.9. The second kappa shape index (κ2) is 11.9. The minimum Gasteiger partial charge on any atom is -0.357 e. The summed E-state index contributed by atoms with van der Waals surface area (Å²) in [5.41, 5.74) is 2.15. The lowest BCUT2D eigenvalue weighted by Gasteiger charge is -2.18. The number of hydrogen-bond donors (Lipinski definition) is 2. The maximum absolute atomic E-state index is 11.7. The van der Waals surface area contributed by atoms with E-state index in [0.717, 1.165) is 36.6 Å². The molecular formula is C20H36IN3O2S. The van der Waals surface area contributed by atoms with Crippen LogP contribution in [0, 0.1) is 12.3 Å². The van der Waals surface area contributed by atoms with Crippen molar-refractivity contribution in [2.45, 2.75) is 65.3 Å². The molecule has 0 atom stereocenters. The lowest BCUT2D eigenvalue weighted by Crippen LogP contribution is -2.37. The standard InChI is InChI=1S/C20H35N3O2S.HI/c1-7-21-19(22-13-9-8-12-20(3,4)5)23-15-17-10-11-18(16(2)14-17)26(6,24)25;/h10-11,14H,7-9,12-13,15H2,1-6H3,(H2,21,22,23);1H. The topological polar surface area (TPSA) is 70.6 Å². The Hall–Kier alpha value is -0.830. The van der Waals surface area contributed by atoms with Gasteiger partial charge in [0.2, 0.25) is 0 Å². The van der Waals surface area contributed by atoms with Crippen molar-refractivity contribution >= 4 is 39.8 Å². The highest BCUT2D eigenvalue weighted by Crippen LogP contribution is 2.21. The van der Waals surface area contributed by atoms with E-state index < -0.39 is 9.84 Å². The van der Waals surface area contributed by atoms with Crippen molar-refractivity contribution in [3.63, 3.8) is 0 Å². The zero-order valence-corrected chi connectivity index (χ0v) is 20.7. The van der Waals surface area contributed by atoms with Gasteiger partial charge in [0.1, 0.15) is 0 Å². The molecule has 0 radical (unpaired) electrons. The first-order chi connectivity index (χ1) is 12.0. The molecule has 27 heavy (non-hydrogen) atoms. The molecule has 0 saturated carbocycles. The SMILES string of the molecule is CCNC(=NCc1ccc(S(C)(=O)=O)c(C)c1)NCCCCC(C)(C)C.I. The molecule has 5 nitrogen and oxygen atoms in total. The lowest BCUT2D eigenvalue weighted by atomic mass is 9.90. The van der Waals surface area contributed by atoms with Crippen LogP contribution in [0.4, 0.5) is 0 Å². The minimum atomic E-state index is -3.18. The van der Waals surface area contributed by atoms with Gasteiger partial charge in [-0.25, -0.2) is 13.4 Å². The Bertz CT molecular complexity index is 710. The predicted molar refractivity (Wildman–Crippen MR) is 126 cm³/mol. The number of hydrogen-bond acceptors (Lipinski definition) is 3. The molecule has 0 spiro atoms. The van der Waals surface area contributed by atoms with Crippen molar-refractivity contribution in [1.29, 1.82) is 0 Å². The van der Waals surface area contributed by atoms with Crippen LogP contribution in [0.5, 0.6) is 0 Å². The summed E-state index contributed by atoms with van der Waals surface area (Å²) in [6.07, 6.45) is 4.76. The van der Waals surface area contributed by atoms with E-state index in [0.29, 0.717) is 16.9 Å². The quantitative estimate of drug-likeness (QED) is 0.238. The number of nitrogens with one attached hydrogen (secondary N) is 2. The van der Waals surface area contributed by atoms with E-state index >= 15 is 0 Å². The largest absolute Gasteiger partial charge is 0.357 e. The molecule has 0 aliphatic carbocycles. The maximum Gasteiger partial charge on any atom is 0.191 e. The summed E-state index contributed by atoms with van der Waals surface area (Å²) in [4.78, 5) is 4.99. The van der Waals surface area contributed by atoms with E-state index in [9.17, 15) is 8.42 Å². The maximum atomic E-state index is 11.7. The molecular weight excluding hydrogens is 473 g/mol. The normalized spacial score (nSPS) is 12.4. The van der Waals surface area contributed by atoms with Crippen LogP contribution in [0.3, 0.4) is 0 Å². The highest BCUT2D eigenvalue weighted by Gasteiger charge is 2.11. The Morgan fingerprint density at radius 3 is 2.33 bits per heavy atom. The second-order valence-electron chi connectivity index (χ2n) is 8.01. The highest BCUT2D eigenvalue weighted by molar-refractivity contribution is 14.0. The van der Waals surface area contributed by atoms with Gasteiger partial charge in [-0.3, -0.25) is 0 Å². The Balaban J connectivity index is 0.00000676. The van der Waals surface area contributed by atoms with Crippen molar-refractivity contribution in [3.8, 4) is 0 Å². The number of aliphatic imine (C=N–C) groups is 1. The van der Waals surface area contributed by atoms with Crippen LogP contribution in [0.2, 0.25) is 0 Å². The van der Waals surface area contributed by atoms with Crippen LogP contribution < -0.4 is 10.6 Å². The Labute approximate surface area is 182 Å². The van der Waals surface area contributed by atoms with E-state index in [1.54, 1.807) is 6.07 Å². The van der Waals surface area contributed by atoms with Crippen molar-refractivity contribution < 1.29 is 8.42 Å². The monoisotopic (exact) mass is 509 g/mol. The van der Waals surface area contributed by atoms with E-state index in [1.165, 1.54) is 19.1 Å². The van der Waals surface area contributed by atoms with Crippen LogP contribution >= 0.6 is 24.0 Å². The molecule has 0 bridgehead atoms. The van der Waals surface area contributed by atoms with Gasteiger partial charge in [-0.15, -0.1) is 24.0 Å². The molecule has 7 heteroatoms. The predicted octanol–water partition coefficient (Wildman–Crippen LogP) is 4.29. The zero-order chi connectivity index (χ0) is 19.8. The molecule has 156 valence electrons. The molecule has 0 amide bonds. The number of aryl methyl sites for hydroxylation is 1. The van der Waals surface area contributed by atoms with Gasteiger partial charge in [0.05, 0.1) is 11.4 Å². The number of halogens is 1. The first-order valence-electron chi connectivity index (χ1n) is 9.34. The summed E-state index contributed by atoms with van der Waals surface area (Å²) in [6, 6.07) is 5.40. The van der Waals surface area contributed by atoms with Gasteiger partial charge in [-0.1, -0.05) is 39.3 Å². The second-order valence-corrected chi connectivity index (χ2v) is 10.00. The Kier molecular flexibility index (Phi) is 11.5. The summed E-state index contributed by atoms with van der Waals surface area (Å²) in [5.74, 6) is 0.799. The van der Waals surface area contributed by atoms with Crippen LogP contribution in [-0.4, -0.2) is 33.7 Å². The third kappa shape index (κ3) is 10.9. The number of unbranched alkanes of at least 4 members (excludes halogenated alkanes) is 1. The number of guanidine groups is 1. The Morgan fingerprint density at radius 1 is 1.15 bits per heavy atom. The van der Waals surface area contributed by atoms with Crippen molar-refractivity contribution in [2.24, 2.45) is 10.4 Å². The van der Waals surface area contributed by atoms with Crippen molar-refractivity contribution in [1.82, 2.24) is 10.6 Å². The van der Waals surface area contributed by atoms with Gasteiger partial charge >= 0.3 is 0 Å². The number of benzene rings is 1.